The third-order valence-corrected chi connectivity index (χ3v) is 12.5. The lowest BCUT2D eigenvalue weighted by molar-refractivity contribution is 0.604. The van der Waals surface area contributed by atoms with Crippen LogP contribution in [0.3, 0.4) is 0 Å². The quantitative estimate of drug-likeness (QED) is 0.0867. The first-order valence-electron chi connectivity index (χ1n) is 21.3. The highest BCUT2D eigenvalue weighted by molar-refractivity contribution is 6.28. The summed E-state index contributed by atoms with van der Waals surface area (Å²) < 4.78 is 66.7. The summed E-state index contributed by atoms with van der Waals surface area (Å²) in [6.45, 7) is 15.2. The summed E-state index contributed by atoms with van der Waals surface area (Å²) in [6, 6.07) is 47.1. The number of nitriles is 1. The van der Waals surface area contributed by atoms with Gasteiger partial charge in [0.25, 0.3) is 0 Å². The van der Waals surface area contributed by atoms with Gasteiger partial charge in [0, 0.05) is 45.4 Å². The van der Waals surface area contributed by atoms with Crippen molar-refractivity contribution in [2.45, 2.75) is 27.7 Å². The number of benzene rings is 10. The molecule has 0 N–H and O–H groups in total. The fraction of sp³-hybridized carbons (Fsp3) is 0.0690. The Hall–Kier alpha value is -8.46. The second-order valence-corrected chi connectivity index (χ2v) is 16.8. The number of anilines is 6. The molecule has 66 heavy (non-hydrogen) atoms. The van der Waals surface area contributed by atoms with E-state index >= 15 is 17.6 Å². The van der Waals surface area contributed by atoms with Gasteiger partial charge in [-0.05, 0) is 132 Å². The highest BCUT2D eigenvalue weighted by atomic mass is 19.1. The van der Waals surface area contributed by atoms with E-state index in [1.54, 1.807) is 70.5 Å². The Morgan fingerprint density at radius 1 is 0.439 bits per heavy atom. The molecule has 0 amide bonds. The standard InChI is InChI=1S/C58H38F4N4/c1-33-6-20-43(35(3)26-33)47-28-51(61)55(30-49(47)59)65(41-16-8-37(32-63)9-17-41)53-24-12-38-11-23-46-54(25-13-39-10-22-45(53)57(38)58(39)46)66(42-18-14-40(64-5)15-19-42)56-31-50(60)48(29-52(56)62)44-21-7-34(2)27-36(44)4/h6-31H,1-4H3. The lowest BCUT2D eigenvalue weighted by Gasteiger charge is -2.30. The molecule has 318 valence electrons. The fourth-order valence-electron chi connectivity index (χ4n) is 9.40. The van der Waals surface area contributed by atoms with Crippen LogP contribution in [0.2, 0.25) is 0 Å². The van der Waals surface area contributed by atoms with Crippen molar-refractivity contribution in [2.75, 3.05) is 9.80 Å². The van der Waals surface area contributed by atoms with Gasteiger partial charge in [0.15, 0.2) is 5.69 Å². The summed E-state index contributed by atoms with van der Waals surface area (Å²) in [4.78, 5) is 6.89. The van der Waals surface area contributed by atoms with E-state index in [2.05, 4.69) is 10.9 Å². The van der Waals surface area contributed by atoms with Crippen LogP contribution in [-0.4, -0.2) is 0 Å². The summed E-state index contributed by atoms with van der Waals surface area (Å²) in [5.74, 6) is -2.50. The maximum absolute atomic E-state index is 16.9. The normalized spacial score (nSPS) is 11.3. The smallest absolute Gasteiger partial charge is 0.187 e. The Labute approximate surface area is 379 Å². The molecular weight excluding hydrogens is 829 g/mol. The highest BCUT2D eigenvalue weighted by Crippen LogP contribution is 2.49. The van der Waals surface area contributed by atoms with Crippen LogP contribution in [0.25, 0.3) is 59.4 Å². The molecule has 0 radical (unpaired) electrons. The maximum atomic E-state index is 16.9. The molecular formula is C58H38F4N4. The Morgan fingerprint density at radius 2 is 0.864 bits per heavy atom. The molecule has 0 bridgehead atoms. The van der Waals surface area contributed by atoms with E-state index in [0.29, 0.717) is 50.5 Å². The Balaban J connectivity index is 1.20. The molecule has 0 aliphatic rings. The third-order valence-electron chi connectivity index (χ3n) is 12.5. The van der Waals surface area contributed by atoms with Crippen LogP contribution in [-0.2, 0) is 0 Å². The van der Waals surface area contributed by atoms with E-state index in [1.807, 2.05) is 100 Å². The first kappa shape index (κ1) is 41.5. The molecule has 0 heterocycles. The average Bonchev–Trinajstić information content (AvgIpc) is 3.31. The molecule has 10 rings (SSSR count). The van der Waals surface area contributed by atoms with Crippen LogP contribution in [0.1, 0.15) is 27.8 Å². The van der Waals surface area contributed by atoms with Crippen LogP contribution >= 0.6 is 0 Å². The summed E-state index contributed by atoms with van der Waals surface area (Å²) in [5, 5.41) is 14.5. The molecule has 8 heteroatoms. The minimum Gasteiger partial charge on any atom is -0.307 e. The zero-order valence-corrected chi connectivity index (χ0v) is 36.3. The summed E-state index contributed by atoms with van der Waals surface area (Å²) in [7, 11) is 0. The minimum absolute atomic E-state index is 0.0268. The predicted octanol–water partition coefficient (Wildman–Crippen LogP) is 17.1. The number of nitrogens with zero attached hydrogens (tertiary/aromatic N) is 4. The maximum Gasteiger partial charge on any atom is 0.187 e. The lowest BCUT2D eigenvalue weighted by atomic mass is 9.91. The van der Waals surface area contributed by atoms with Crippen LogP contribution in [0, 0.1) is 68.9 Å². The first-order chi connectivity index (χ1) is 31.9. The lowest BCUT2D eigenvalue weighted by Crippen LogP contribution is -2.14. The molecule has 0 fully saturated rings. The number of hydrogen-bond donors (Lipinski definition) is 0. The van der Waals surface area contributed by atoms with Crippen molar-refractivity contribution in [1.29, 1.82) is 5.26 Å². The highest BCUT2D eigenvalue weighted by Gasteiger charge is 2.26. The van der Waals surface area contributed by atoms with Gasteiger partial charge in [-0.3, -0.25) is 0 Å². The van der Waals surface area contributed by atoms with Gasteiger partial charge in [-0.15, -0.1) is 0 Å². The number of halogens is 4. The summed E-state index contributed by atoms with van der Waals surface area (Å²) >= 11 is 0. The third kappa shape index (κ3) is 7.01. The predicted molar refractivity (Wildman–Crippen MR) is 260 cm³/mol. The van der Waals surface area contributed by atoms with Crippen LogP contribution in [0.5, 0.6) is 0 Å². The summed E-state index contributed by atoms with van der Waals surface area (Å²) in [6.07, 6.45) is 0. The van der Waals surface area contributed by atoms with Gasteiger partial charge in [-0.25, -0.2) is 22.4 Å². The Morgan fingerprint density at radius 3 is 1.27 bits per heavy atom. The van der Waals surface area contributed by atoms with Crippen molar-refractivity contribution in [3.05, 3.63) is 220 Å². The Bertz CT molecular complexity index is 3420. The first-order valence-corrected chi connectivity index (χ1v) is 21.3. The van der Waals surface area contributed by atoms with E-state index in [4.69, 9.17) is 6.57 Å². The van der Waals surface area contributed by atoms with Crippen molar-refractivity contribution in [2.24, 2.45) is 0 Å². The molecule has 0 aliphatic carbocycles. The van der Waals surface area contributed by atoms with Gasteiger partial charge in [-0.1, -0.05) is 96.1 Å². The second-order valence-electron chi connectivity index (χ2n) is 16.8. The van der Waals surface area contributed by atoms with Crippen molar-refractivity contribution in [3.63, 3.8) is 0 Å². The zero-order chi connectivity index (χ0) is 46.0. The molecule has 0 atom stereocenters. The molecule has 10 aromatic rings. The average molecular weight is 867 g/mol. The fourth-order valence-corrected chi connectivity index (χ4v) is 9.40. The minimum atomic E-state index is -0.651. The number of hydrogen-bond acceptors (Lipinski definition) is 3. The van der Waals surface area contributed by atoms with Crippen LogP contribution < -0.4 is 9.80 Å². The van der Waals surface area contributed by atoms with Crippen molar-refractivity contribution >= 4 is 72.1 Å². The van der Waals surface area contributed by atoms with E-state index in [9.17, 15) is 5.26 Å². The molecule has 0 unspecified atom stereocenters. The van der Waals surface area contributed by atoms with Gasteiger partial charge in [0.1, 0.15) is 23.3 Å². The van der Waals surface area contributed by atoms with E-state index in [1.165, 1.54) is 24.3 Å². The molecule has 0 saturated carbocycles. The molecule has 0 saturated heterocycles. The van der Waals surface area contributed by atoms with E-state index < -0.39 is 23.3 Å². The van der Waals surface area contributed by atoms with Gasteiger partial charge in [-0.2, -0.15) is 5.26 Å². The largest absolute Gasteiger partial charge is 0.307 e. The van der Waals surface area contributed by atoms with Crippen molar-refractivity contribution < 1.29 is 17.6 Å². The van der Waals surface area contributed by atoms with Crippen LogP contribution in [0.4, 0.5) is 57.4 Å². The van der Waals surface area contributed by atoms with Crippen LogP contribution in [0.15, 0.2) is 158 Å². The molecule has 4 nitrogen and oxygen atoms in total. The molecule has 10 aromatic carbocycles. The molecule has 0 spiro atoms. The molecule has 0 aliphatic heterocycles. The number of rotatable bonds is 8. The summed E-state index contributed by atoms with van der Waals surface area (Å²) in [5.41, 5.74) is 7.95. The zero-order valence-electron chi connectivity index (χ0n) is 36.3. The van der Waals surface area contributed by atoms with Gasteiger partial charge in [0.2, 0.25) is 0 Å². The van der Waals surface area contributed by atoms with E-state index in [0.717, 1.165) is 49.2 Å². The number of aryl methyl sites for hydroxylation is 4. The van der Waals surface area contributed by atoms with Gasteiger partial charge in [0.05, 0.1) is 41.0 Å². The molecule has 0 aromatic heterocycles. The van der Waals surface area contributed by atoms with Crippen molar-refractivity contribution in [1.82, 2.24) is 0 Å². The van der Waals surface area contributed by atoms with E-state index in [-0.39, 0.29) is 22.5 Å². The van der Waals surface area contributed by atoms with Gasteiger partial charge < -0.3 is 9.80 Å². The van der Waals surface area contributed by atoms with Crippen molar-refractivity contribution in [3.8, 4) is 28.3 Å². The second kappa shape index (κ2) is 16.3. The topological polar surface area (TPSA) is 34.6 Å². The SMILES string of the molecule is [C-]#[N+]c1ccc(N(c2cc(F)c(-c3ccc(C)cc3C)cc2F)c2ccc3ccc4c(N(c5ccc(C#N)cc5)c5cc(F)c(-c6ccc(C)cc6C)cc5F)ccc5ccc2c3c54)cc1. The Kier molecular flexibility index (Phi) is 10.2. The van der Waals surface area contributed by atoms with Gasteiger partial charge >= 0.3 is 0 Å². The monoisotopic (exact) mass is 866 g/mol.